The molecule has 1 amide bonds. The van der Waals surface area contributed by atoms with Crippen molar-refractivity contribution in [1.82, 2.24) is 15.0 Å². The molecule has 146 valence electrons. The number of anilines is 1. The summed E-state index contributed by atoms with van der Waals surface area (Å²) in [5.74, 6) is 0.338. The lowest BCUT2D eigenvalue weighted by Crippen LogP contribution is -2.14. The topological polar surface area (TPSA) is 77.0 Å². The SMILES string of the molecule is COc1cnc(C)cc1-c1cc(C)ncc1C(=O)Nc1nc2ccc(C)cc2s1. The molecule has 3 heterocycles. The fraction of sp³-hybridized carbons (Fsp3) is 0.182. The Labute approximate surface area is 172 Å². The second-order valence-corrected chi connectivity index (χ2v) is 7.87. The number of methoxy groups -OCH3 is 1. The van der Waals surface area contributed by atoms with Crippen LogP contribution in [0.5, 0.6) is 5.75 Å². The number of rotatable bonds is 4. The van der Waals surface area contributed by atoms with E-state index in [1.165, 1.54) is 11.3 Å². The average molecular weight is 404 g/mol. The number of aromatic nitrogens is 3. The van der Waals surface area contributed by atoms with Gasteiger partial charge in [0.05, 0.1) is 29.1 Å². The van der Waals surface area contributed by atoms with E-state index in [1.54, 1.807) is 19.5 Å². The van der Waals surface area contributed by atoms with Crippen LogP contribution in [0.15, 0.2) is 42.7 Å². The number of ether oxygens (including phenoxy) is 1. The molecule has 0 aliphatic carbocycles. The van der Waals surface area contributed by atoms with Gasteiger partial charge in [0.2, 0.25) is 0 Å². The molecule has 1 N–H and O–H groups in total. The first-order valence-electron chi connectivity index (χ1n) is 9.11. The number of carbonyl (C=O) groups is 1. The van der Waals surface area contributed by atoms with Gasteiger partial charge in [-0.2, -0.15) is 0 Å². The van der Waals surface area contributed by atoms with Crippen LogP contribution in [-0.4, -0.2) is 28.0 Å². The third-order valence-electron chi connectivity index (χ3n) is 4.56. The van der Waals surface area contributed by atoms with Gasteiger partial charge in [-0.25, -0.2) is 4.98 Å². The Kier molecular flexibility index (Phi) is 4.98. The summed E-state index contributed by atoms with van der Waals surface area (Å²) in [6, 6.07) is 9.82. The van der Waals surface area contributed by atoms with Gasteiger partial charge < -0.3 is 4.74 Å². The molecule has 0 atom stereocenters. The molecule has 0 bridgehead atoms. The lowest BCUT2D eigenvalue weighted by Gasteiger charge is -2.13. The zero-order chi connectivity index (χ0) is 20.5. The smallest absolute Gasteiger partial charge is 0.259 e. The molecule has 0 unspecified atom stereocenters. The van der Waals surface area contributed by atoms with Crippen molar-refractivity contribution in [2.75, 3.05) is 12.4 Å². The number of nitrogens with zero attached hydrogens (tertiary/aromatic N) is 3. The number of hydrogen-bond donors (Lipinski definition) is 1. The molecule has 4 aromatic rings. The van der Waals surface area contributed by atoms with E-state index >= 15 is 0 Å². The predicted octanol–water partition coefficient (Wildman–Crippen LogP) is 4.94. The van der Waals surface area contributed by atoms with Crippen molar-refractivity contribution in [3.8, 4) is 16.9 Å². The van der Waals surface area contributed by atoms with Crippen molar-refractivity contribution in [3.63, 3.8) is 0 Å². The van der Waals surface area contributed by atoms with Crippen LogP contribution in [0, 0.1) is 20.8 Å². The molecule has 0 fully saturated rings. The van der Waals surface area contributed by atoms with Crippen molar-refractivity contribution in [2.45, 2.75) is 20.8 Å². The molecule has 0 saturated heterocycles. The van der Waals surface area contributed by atoms with Crippen LogP contribution >= 0.6 is 11.3 Å². The van der Waals surface area contributed by atoms with Gasteiger partial charge in [0.15, 0.2) is 5.13 Å². The molecule has 4 rings (SSSR count). The minimum atomic E-state index is -0.264. The van der Waals surface area contributed by atoms with Gasteiger partial charge in [0, 0.05) is 28.7 Å². The first-order chi connectivity index (χ1) is 13.9. The highest BCUT2D eigenvalue weighted by atomic mass is 32.1. The van der Waals surface area contributed by atoms with Crippen LogP contribution in [0.1, 0.15) is 27.3 Å². The zero-order valence-electron chi connectivity index (χ0n) is 16.6. The Bertz CT molecular complexity index is 1230. The number of amides is 1. The van der Waals surface area contributed by atoms with Crippen LogP contribution in [0.4, 0.5) is 5.13 Å². The molecule has 0 aliphatic rings. The fourth-order valence-electron chi connectivity index (χ4n) is 3.13. The summed E-state index contributed by atoms with van der Waals surface area (Å²) in [4.78, 5) is 26.2. The Hall–Kier alpha value is -3.32. The van der Waals surface area contributed by atoms with E-state index in [0.717, 1.165) is 38.3 Å². The number of hydrogen-bond acceptors (Lipinski definition) is 6. The van der Waals surface area contributed by atoms with Gasteiger partial charge in [0.25, 0.3) is 5.91 Å². The third-order valence-corrected chi connectivity index (χ3v) is 5.50. The Morgan fingerprint density at radius 2 is 1.72 bits per heavy atom. The average Bonchev–Trinajstić information content (AvgIpc) is 3.09. The fourth-order valence-corrected chi connectivity index (χ4v) is 4.09. The van der Waals surface area contributed by atoms with E-state index in [4.69, 9.17) is 4.74 Å². The lowest BCUT2D eigenvalue weighted by molar-refractivity contribution is 0.102. The highest BCUT2D eigenvalue weighted by Crippen LogP contribution is 2.33. The van der Waals surface area contributed by atoms with E-state index in [1.807, 2.05) is 45.0 Å². The van der Waals surface area contributed by atoms with Crippen molar-refractivity contribution in [3.05, 3.63) is 65.2 Å². The summed E-state index contributed by atoms with van der Waals surface area (Å²) in [6.45, 7) is 5.83. The van der Waals surface area contributed by atoms with Gasteiger partial charge in [-0.1, -0.05) is 17.4 Å². The number of carbonyl (C=O) groups excluding carboxylic acids is 1. The van der Waals surface area contributed by atoms with Gasteiger partial charge in [-0.15, -0.1) is 0 Å². The maximum atomic E-state index is 13.1. The van der Waals surface area contributed by atoms with Crippen molar-refractivity contribution in [2.24, 2.45) is 0 Å². The van der Waals surface area contributed by atoms with Gasteiger partial charge in [-0.05, 0) is 50.6 Å². The summed E-state index contributed by atoms with van der Waals surface area (Å²) < 4.78 is 6.51. The largest absolute Gasteiger partial charge is 0.494 e. The highest BCUT2D eigenvalue weighted by molar-refractivity contribution is 7.22. The number of benzene rings is 1. The van der Waals surface area contributed by atoms with E-state index < -0.39 is 0 Å². The standard InChI is InChI=1S/C22H20N4O2S/c1-12-5-6-18-20(7-12)29-22(25-18)26-21(27)17-10-23-13(2)8-15(17)16-9-14(3)24-11-19(16)28-4/h5-11H,1-4H3,(H,25,26,27). The molecule has 0 saturated carbocycles. The van der Waals surface area contributed by atoms with Crippen LogP contribution < -0.4 is 10.1 Å². The maximum absolute atomic E-state index is 13.1. The van der Waals surface area contributed by atoms with E-state index in [2.05, 4.69) is 26.3 Å². The lowest BCUT2D eigenvalue weighted by atomic mass is 9.99. The van der Waals surface area contributed by atoms with Gasteiger partial charge in [0.1, 0.15) is 5.75 Å². The van der Waals surface area contributed by atoms with Crippen LogP contribution in [0.25, 0.3) is 21.3 Å². The third kappa shape index (κ3) is 3.82. The molecule has 1 aromatic carbocycles. The van der Waals surface area contributed by atoms with Crippen molar-refractivity contribution >= 4 is 32.6 Å². The summed E-state index contributed by atoms with van der Waals surface area (Å²) in [7, 11) is 1.59. The van der Waals surface area contributed by atoms with Crippen LogP contribution in [0.2, 0.25) is 0 Å². The molecule has 6 nitrogen and oxygen atoms in total. The van der Waals surface area contributed by atoms with Crippen LogP contribution in [-0.2, 0) is 0 Å². The van der Waals surface area contributed by atoms with Gasteiger partial charge >= 0.3 is 0 Å². The molecule has 7 heteroatoms. The number of nitrogens with one attached hydrogen (secondary N) is 1. The van der Waals surface area contributed by atoms with Gasteiger partial charge in [-0.3, -0.25) is 20.1 Å². The Morgan fingerprint density at radius 1 is 1.00 bits per heavy atom. The first kappa shape index (κ1) is 19.0. The normalized spacial score (nSPS) is 10.9. The number of aryl methyl sites for hydroxylation is 3. The second-order valence-electron chi connectivity index (χ2n) is 6.84. The monoisotopic (exact) mass is 404 g/mol. The molecule has 29 heavy (non-hydrogen) atoms. The van der Waals surface area contributed by atoms with Crippen molar-refractivity contribution < 1.29 is 9.53 Å². The second kappa shape index (κ2) is 7.60. The molecule has 0 spiro atoms. The maximum Gasteiger partial charge on any atom is 0.259 e. The van der Waals surface area contributed by atoms with Crippen molar-refractivity contribution in [1.29, 1.82) is 0 Å². The molecule has 3 aromatic heterocycles. The van der Waals surface area contributed by atoms with E-state index in [-0.39, 0.29) is 5.91 Å². The molecule has 0 aliphatic heterocycles. The molecular formula is C22H20N4O2S. The quantitative estimate of drug-likeness (QED) is 0.521. The summed E-state index contributed by atoms with van der Waals surface area (Å²) >= 11 is 1.45. The number of pyridine rings is 2. The molecular weight excluding hydrogens is 384 g/mol. The summed E-state index contributed by atoms with van der Waals surface area (Å²) in [5.41, 5.74) is 5.67. The summed E-state index contributed by atoms with van der Waals surface area (Å²) in [5, 5.41) is 3.48. The zero-order valence-corrected chi connectivity index (χ0v) is 17.4. The van der Waals surface area contributed by atoms with E-state index in [0.29, 0.717) is 16.4 Å². The predicted molar refractivity (Wildman–Crippen MR) is 116 cm³/mol. The molecule has 0 radical (unpaired) electrons. The Morgan fingerprint density at radius 3 is 2.48 bits per heavy atom. The number of thiazole rings is 1. The minimum absolute atomic E-state index is 0.264. The minimum Gasteiger partial charge on any atom is -0.494 e. The highest BCUT2D eigenvalue weighted by Gasteiger charge is 2.19. The Balaban J connectivity index is 1.75. The number of fused-ring (bicyclic) bond motifs is 1. The first-order valence-corrected chi connectivity index (χ1v) is 9.92. The van der Waals surface area contributed by atoms with E-state index in [9.17, 15) is 4.79 Å². The van der Waals surface area contributed by atoms with Crippen LogP contribution in [0.3, 0.4) is 0 Å². The summed E-state index contributed by atoms with van der Waals surface area (Å²) in [6.07, 6.45) is 3.25.